The van der Waals surface area contributed by atoms with Gasteiger partial charge in [0.25, 0.3) is 0 Å². The van der Waals surface area contributed by atoms with Crippen LogP contribution in [0.5, 0.6) is 0 Å². The Morgan fingerprint density at radius 2 is 2.05 bits per heavy atom. The maximum absolute atomic E-state index is 5.71. The van der Waals surface area contributed by atoms with E-state index in [-0.39, 0.29) is 0 Å². The van der Waals surface area contributed by atoms with Crippen molar-refractivity contribution in [2.45, 2.75) is 13.5 Å². The van der Waals surface area contributed by atoms with Crippen molar-refractivity contribution in [3.8, 4) is 0 Å². The molecule has 0 aliphatic rings. The third kappa shape index (κ3) is 2.53. The van der Waals surface area contributed by atoms with Crippen LogP contribution < -0.4 is 11.1 Å². The molecule has 96 valence electrons. The van der Waals surface area contributed by atoms with Gasteiger partial charge in [0, 0.05) is 12.2 Å². The zero-order chi connectivity index (χ0) is 13.2. The highest BCUT2D eigenvalue weighted by Crippen LogP contribution is 2.26. The fourth-order valence-corrected chi connectivity index (χ4v) is 2.83. The number of nitrogens with one attached hydrogen (secondary N) is 1. The van der Waals surface area contributed by atoms with Crippen molar-refractivity contribution in [3.05, 3.63) is 53.6 Å². The SMILES string of the molecule is Cc1ccccc1CNc1ccc2nc(N)sc2c1. The summed E-state index contributed by atoms with van der Waals surface area (Å²) in [6.45, 7) is 2.95. The van der Waals surface area contributed by atoms with Gasteiger partial charge in [0.15, 0.2) is 5.13 Å². The van der Waals surface area contributed by atoms with Crippen LogP contribution >= 0.6 is 11.3 Å². The Bertz CT molecular complexity index is 718. The summed E-state index contributed by atoms with van der Waals surface area (Å²) in [6, 6.07) is 14.5. The van der Waals surface area contributed by atoms with Crippen molar-refractivity contribution in [2.75, 3.05) is 11.1 Å². The highest BCUT2D eigenvalue weighted by atomic mass is 32.1. The maximum atomic E-state index is 5.71. The number of hydrogen-bond donors (Lipinski definition) is 2. The Morgan fingerprint density at radius 1 is 1.21 bits per heavy atom. The van der Waals surface area contributed by atoms with Crippen LogP contribution in [0.2, 0.25) is 0 Å². The van der Waals surface area contributed by atoms with Crippen LogP contribution in [0.1, 0.15) is 11.1 Å². The number of nitrogen functional groups attached to an aromatic ring is 1. The molecule has 3 nitrogen and oxygen atoms in total. The molecule has 4 heteroatoms. The average Bonchev–Trinajstić information content (AvgIpc) is 2.77. The fraction of sp³-hybridized carbons (Fsp3) is 0.133. The van der Waals surface area contributed by atoms with Gasteiger partial charge in [-0.05, 0) is 36.2 Å². The predicted octanol–water partition coefficient (Wildman–Crippen LogP) is 3.80. The molecule has 3 rings (SSSR count). The zero-order valence-electron chi connectivity index (χ0n) is 10.7. The van der Waals surface area contributed by atoms with Gasteiger partial charge >= 0.3 is 0 Å². The largest absolute Gasteiger partial charge is 0.381 e. The number of nitrogens with two attached hydrogens (primary N) is 1. The summed E-state index contributed by atoms with van der Waals surface area (Å²) in [4.78, 5) is 4.26. The standard InChI is InChI=1S/C15H15N3S/c1-10-4-2-3-5-11(10)9-17-12-6-7-13-14(8-12)19-15(16)18-13/h2-8,17H,9H2,1H3,(H2,16,18). The molecule has 0 fully saturated rings. The molecule has 0 saturated carbocycles. The molecule has 0 unspecified atom stereocenters. The van der Waals surface area contributed by atoms with E-state index < -0.39 is 0 Å². The molecule has 1 aromatic heterocycles. The molecule has 2 aromatic carbocycles. The summed E-state index contributed by atoms with van der Waals surface area (Å²) in [7, 11) is 0. The van der Waals surface area contributed by atoms with E-state index in [2.05, 4.69) is 47.6 Å². The van der Waals surface area contributed by atoms with Crippen molar-refractivity contribution in [1.29, 1.82) is 0 Å². The van der Waals surface area contributed by atoms with Crippen LogP contribution in [0.3, 0.4) is 0 Å². The predicted molar refractivity (Wildman–Crippen MR) is 82.5 cm³/mol. The molecule has 0 atom stereocenters. The molecule has 0 saturated heterocycles. The second-order valence-electron chi connectivity index (χ2n) is 4.51. The molecule has 3 N–H and O–H groups in total. The molecular formula is C15H15N3S. The van der Waals surface area contributed by atoms with Crippen LogP contribution in [-0.4, -0.2) is 4.98 Å². The van der Waals surface area contributed by atoms with Crippen molar-refractivity contribution in [1.82, 2.24) is 4.98 Å². The van der Waals surface area contributed by atoms with Crippen LogP contribution in [0, 0.1) is 6.92 Å². The summed E-state index contributed by atoms with van der Waals surface area (Å²) < 4.78 is 1.12. The van der Waals surface area contributed by atoms with Crippen LogP contribution in [0.25, 0.3) is 10.2 Å². The van der Waals surface area contributed by atoms with Gasteiger partial charge in [-0.3, -0.25) is 0 Å². The van der Waals surface area contributed by atoms with Gasteiger partial charge < -0.3 is 11.1 Å². The fourth-order valence-electron chi connectivity index (χ4n) is 2.06. The van der Waals surface area contributed by atoms with E-state index in [0.717, 1.165) is 22.4 Å². The van der Waals surface area contributed by atoms with Crippen LogP contribution in [0.4, 0.5) is 10.8 Å². The highest BCUT2D eigenvalue weighted by molar-refractivity contribution is 7.22. The first kappa shape index (κ1) is 12.0. The lowest BCUT2D eigenvalue weighted by atomic mass is 10.1. The van der Waals surface area contributed by atoms with Gasteiger partial charge in [0.2, 0.25) is 0 Å². The number of benzene rings is 2. The van der Waals surface area contributed by atoms with Crippen molar-refractivity contribution in [2.24, 2.45) is 0 Å². The minimum atomic E-state index is 0.617. The molecule has 0 spiro atoms. The third-order valence-corrected chi connectivity index (χ3v) is 4.00. The molecule has 0 aliphatic carbocycles. The molecular weight excluding hydrogens is 254 g/mol. The summed E-state index contributed by atoms with van der Waals surface area (Å²) in [6.07, 6.45) is 0. The number of anilines is 2. The van der Waals surface area contributed by atoms with Crippen LogP contribution in [0.15, 0.2) is 42.5 Å². The Labute approximate surface area is 116 Å². The topological polar surface area (TPSA) is 50.9 Å². The molecule has 0 amide bonds. The molecule has 1 heterocycles. The number of thiazole rings is 1. The van der Waals surface area contributed by atoms with Crippen molar-refractivity contribution in [3.63, 3.8) is 0 Å². The first-order chi connectivity index (χ1) is 9.22. The van der Waals surface area contributed by atoms with E-state index in [0.29, 0.717) is 5.13 Å². The van der Waals surface area contributed by atoms with E-state index >= 15 is 0 Å². The molecule has 0 bridgehead atoms. The van der Waals surface area contributed by atoms with Crippen molar-refractivity contribution < 1.29 is 0 Å². The minimum Gasteiger partial charge on any atom is -0.381 e. The van der Waals surface area contributed by atoms with Gasteiger partial charge in [-0.25, -0.2) is 4.98 Å². The Hall–Kier alpha value is -2.07. The third-order valence-electron chi connectivity index (χ3n) is 3.15. The number of rotatable bonds is 3. The summed E-state index contributed by atoms with van der Waals surface area (Å²) >= 11 is 1.52. The highest BCUT2D eigenvalue weighted by Gasteiger charge is 2.02. The van der Waals surface area contributed by atoms with Gasteiger partial charge in [-0.15, -0.1) is 0 Å². The molecule has 3 aromatic rings. The number of aryl methyl sites for hydroxylation is 1. The normalized spacial score (nSPS) is 10.8. The van der Waals surface area contributed by atoms with Crippen molar-refractivity contribution >= 4 is 32.4 Å². The van der Waals surface area contributed by atoms with E-state index in [9.17, 15) is 0 Å². The van der Waals surface area contributed by atoms with Gasteiger partial charge in [-0.1, -0.05) is 35.6 Å². The zero-order valence-corrected chi connectivity index (χ0v) is 11.5. The van der Waals surface area contributed by atoms with E-state index in [4.69, 9.17) is 5.73 Å². The lowest BCUT2D eigenvalue weighted by Gasteiger charge is -2.08. The lowest BCUT2D eigenvalue weighted by Crippen LogP contribution is -2.00. The van der Waals surface area contributed by atoms with E-state index in [1.165, 1.54) is 22.5 Å². The quantitative estimate of drug-likeness (QED) is 0.760. The first-order valence-corrected chi connectivity index (χ1v) is 6.98. The van der Waals surface area contributed by atoms with Crippen LogP contribution in [-0.2, 0) is 6.54 Å². The molecule has 0 aliphatic heterocycles. The molecule has 0 radical (unpaired) electrons. The van der Waals surface area contributed by atoms with Gasteiger partial charge in [-0.2, -0.15) is 0 Å². The number of aromatic nitrogens is 1. The monoisotopic (exact) mass is 269 g/mol. The maximum Gasteiger partial charge on any atom is 0.181 e. The summed E-state index contributed by atoms with van der Waals surface area (Å²) in [5, 5.41) is 4.06. The molecule has 19 heavy (non-hydrogen) atoms. The van der Waals surface area contributed by atoms with Gasteiger partial charge in [0.1, 0.15) is 0 Å². The van der Waals surface area contributed by atoms with E-state index in [1.807, 2.05) is 12.1 Å². The number of hydrogen-bond acceptors (Lipinski definition) is 4. The first-order valence-electron chi connectivity index (χ1n) is 6.17. The lowest BCUT2D eigenvalue weighted by molar-refractivity contribution is 1.12. The van der Waals surface area contributed by atoms with Gasteiger partial charge in [0.05, 0.1) is 10.2 Å². The summed E-state index contributed by atoms with van der Waals surface area (Å²) in [5.41, 5.74) is 10.4. The second-order valence-corrected chi connectivity index (χ2v) is 5.58. The summed E-state index contributed by atoms with van der Waals surface area (Å²) in [5.74, 6) is 0. The second kappa shape index (κ2) is 4.90. The minimum absolute atomic E-state index is 0.617. The smallest absolute Gasteiger partial charge is 0.181 e. The average molecular weight is 269 g/mol. The number of nitrogens with zero attached hydrogens (tertiary/aromatic N) is 1. The Morgan fingerprint density at radius 3 is 2.89 bits per heavy atom. The Balaban J connectivity index is 1.80. The Kier molecular flexibility index (Phi) is 3.09. The van der Waals surface area contributed by atoms with E-state index in [1.54, 1.807) is 0 Å². The number of fused-ring (bicyclic) bond motifs is 1.